The van der Waals surface area contributed by atoms with Gasteiger partial charge in [-0.2, -0.15) is 0 Å². The van der Waals surface area contributed by atoms with Crippen molar-refractivity contribution in [3.05, 3.63) is 51.5 Å². The molecule has 0 saturated heterocycles. The van der Waals surface area contributed by atoms with E-state index in [-0.39, 0.29) is 0 Å². The molecule has 0 aliphatic rings. The van der Waals surface area contributed by atoms with Crippen LogP contribution in [0.1, 0.15) is 25.8 Å². The molecule has 0 atom stereocenters. The summed E-state index contributed by atoms with van der Waals surface area (Å²) >= 11 is 1.64. The van der Waals surface area contributed by atoms with Crippen molar-refractivity contribution < 1.29 is 9.90 Å². The van der Waals surface area contributed by atoms with Crippen LogP contribution in [-0.4, -0.2) is 16.1 Å². The zero-order chi connectivity index (χ0) is 13.0. The van der Waals surface area contributed by atoms with Gasteiger partial charge in [-0.15, -0.1) is 11.3 Å². The van der Waals surface area contributed by atoms with E-state index in [2.05, 4.69) is 10.3 Å². The fourth-order valence-corrected chi connectivity index (χ4v) is 2.46. The zero-order valence-electron chi connectivity index (χ0n) is 10.0. The molecule has 1 heterocycles. The van der Waals surface area contributed by atoms with Crippen LogP contribution in [0.3, 0.4) is 0 Å². The summed E-state index contributed by atoms with van der Waals surface area (Å²) in [5.74, 6) is -0.888. The molecular weight excluding hydrogens is 248 g/mol. The summed E-state index contributed by atoms with van der Waals surface area (Å²) in [6.45, 7) is 3.22. The van der Waals surface area contributed by atoms with E-state index in [1.807, 2.05) is 25.3 Å². The number of benzene rings is 1. The van der Waals surface area contributed by atoms with Gasteiger partial charge in [-0.1, -0.05) is 18.2 Å². The second kappa shape index (κ2) is 5.75. The number of rotatable bonds is 5. The molecule has 5 heteroatoms. The van der Waals surface area contributed by atoms with Gasteiger partial charge in [-0.3, -0.25) is 0 Å². The van der Waals surface area contributed by atoms with Crippen LogP contribution in [-0.2, 0) is 13.1 Å². The highest BCUT2D eigenvalue weighted by Crippen LogP contribution is 2.12. The Hall–Kier alpha value is -1.72. The first-order chi connectivity index (χ1) is 8.66. The molecule has 2 rings (SSSR count). The Kier molecular flexibility index (Phi) is 4.07. The van der Waals surface area contributed by atoms with Gasteiger partial charge in [0.05, 0.1) is 10.6 Å². The summed E-state index contributed by atoms with van der Waals surface area (Å²) in [6.07, 6.45) is 1.84. The largest absolute Gasteiger partial charge is 0.478 e. The van der Waals surface area contributed by atoms with Gasteiger partial charge in [-0.05, 0) is 18.6 Å². The van der Waals surface area contributed by atoms with Crippen LogP contribution in [0.5, 0.6) is 0 Å². The number of aromatic carboxylic acids is 1. The van der Waals surface area contributed by atoms with E-state index in [4.69, 9.17) is 5.11 Å². The Bertz CT molecular complexity index is 551. The summed E-state index contributed by atoms with van der Waals surface area (Å²) in [4.78, 5) is 16.3. The van der Waals surface area contributed by atoms with E-state index >= 15 is 0 Å². The summed E-state index contributed by atoms with van der Waals surface area (Å²) in [5.41, 5.74) is 1.15. The third kappa shape index (κ3) is 3.15. The third-order valence-corrected chi connectivity index (χ3v) is 3.44. The lowest BCUT2D eigenvalue weighted by Crippen LogP contribution is -2.14. The number of nitrogens with one attached hydrogen (secondary N) is 1. The number of thiazole rings is 1. The molecule has 1 aromatic heterocycles. The molecule has 0 aliphatic heterocycles. The summed E-state index contributed by atoms with van der Waals surface area (Å²) < 4.78 is 0. The van der Waals surface area contributed by atoms with Crippen molar-refractivity contribution in [3.63, 3.8) is 0 Å². The van der Waals surface area contributed by atoms with Gasteiger partial charge < -0.3 is 10.4 Å². The van der Waals surface area contributed by atoms with Crippen LogP contribution in [0.4, 0.5) is 0 Å². The number of nitrogens with zero attached hydrogens (tertiary/aromatic N) is 1. The highest BCUT2D eigenvalue weighted by Gasteiger charge is 2.08. The van der Waals surface area contributed by atoms with Crippen molar-refractivity contribution in [1.29, 1.82) is 0 Å². The van der Waals surface area contributed by atoms with Crippen LogP contribution < -0.4 is 5.32 Å². The number of hydrogen-bond donors (Lipinski definition) is 2. The second-order valence-electron chi connectivity index (χ2n) is 3.91. The molecule has 0 fully saturated rings. The molecule has 0 saturated carbocycles. The maximum atomic E-state index is 11.0. The summed E-state index contributed by atoms with van der Waals surface area (Å²) in [6, 6.07) is 7.03. The molecular formula is C13H14N2O2S. The number of hydrogen-bond acceptors (Lipinski definition) is 4. The van der Waals surface area contributed by atoms with Crippen LogP contribution in [0.2, 0.25) is 0 Å². The SMILES string of the molecule is Cc1ncc(CNCc2ccccc2C(=O)O)s1. The van der Waals surface area contributed by atoms with Gasteiger partial charge in [0.2, 0.25) is 0 Å². The molecule has 0 bridgehead atoms. The molecule has 4 nitrogen and oxygen atoms in total. The van der Waals surface area contributed by atoms with Crippen molar-refractivity contribution in [1.82, 2.24) is 10.3 Å². The fraction of sp³-hybridized carbons (Fsp3) is 0.231. The lowest BCUT2D eigenvalue weighted by atomic mass is 10.1. The highest BCUT2D eigenvalue weighted by molar-refractivity contribution is 7.11. The quantitative estimate of drug-likeness (QED) is 0.868. The first-order valence-corrected chi connectivity index (χ1v) is 6.41. The Morgan fingerprint density at radius 2 is 2.17 bits per heavy atom. The smallest absolute Gasteiger partial charge is 0.336 e. The van der Waals surface area contributed by atoms with Crippen molar-refractivity contribution in [2.24, 2.45) is 0 Å². The van der Waals surface area contributed by atoms with Crippen LogP contribution >= 0.6 is 11.3 Å². The van der Waals surface area contributed by atoms with E-state index in [1.165, 1.54) is 0 Å². The van der Waals surface area contributed by atoms with Gasteiger partial charge in [0, 0.05) is 24.2 Å². The number of aryl methyl sites for hydroxylation is 1. The van der Waals surface area contributed by atoms with Crippen LogP contribution in [0.15, 0.2) is 30.5 Å². The Morgan fingerprint density at radius 3 is 2.83 bits per heavy atom. The Balaban J connectivity index is 1.96. The van der Waals surface area contributed by atoms with Crippen molar-refractivity contribution in [3.8, 4) is 0 Å². The zero-order valence-corrected chi connectivity index (χ0v) is 10.8. The number of carboxylic acid groups (broad SMARTS) is 1. The van der Waals surface area contributed by atoms with Crippen LogP contribution in [0, 0.1) is 6.92 Å². The lowest BCUT2D eigenvalue weighted by Gasteiger charge is -2.06. The topological polar surface area (TPSA) is 62.2 Å². The Labute approximate surface area is 109 Å². The number of carbonyl (C=O) groups is 1. The monoisotopic (exact) mass is 262 g/mol. The second-order valence-corrected chi connectivity index (χ2v) is 5.23. The molecule has 1 aromatic carbocycles. The van der Waals surface area contributed by atoms with Gasteiger partial charge in [-0.25, -0.2) is 9.78 Å². The minimum Gasteiger partial charge on any atom is -0.478 e. The van der Waals surface area contributed by atoms with E-state index in [9.17, 15) is 4.79 Å². The first-order valence-electron chi connectivity index (χ1n) is 5.60. The molecule has 94 valence electrons. The Morgan fingerprint density at radius 1 is 1.39 bits per heavy atom. The third-order valence-electron chi connectivity index (χ3n) is 2.53. The van der Waals surface area contributed by atoms with Crippen LogP contribution in [0.25, 0.3) is 0 Å². The molecule has 18 heavy (non-hydrogen) atoms. The molecule has 0 aliphatic carbocycles. The molecule has 0 unspecified atom stereocenters. The van der Waals surface area contributed by atoms with E-state index in [0.29, 0.717) is 18.7 Å². The minimum absolute atomic E-state index is 0.352. The molecule has 2 aromatic rings. The van der Waals surface area contributed by atoms with Crippen molar-refractivity contribution >= 4 is 17.3 Å². The van der Waals surface area contributed by atoms with E-state index in [1.54, 1.807) is 23.5 Å². The number of carboxylic acids is 1. The average molecular weight is 262 g/mol. The molecule has 0 amide bonds. The number of aromatic nitrogens is 1. The lowest BCUT2D eigenvalue weighted by molar-refractivity contribution is 0.0695. The standard InChI is InChI=1S/C13H14N2O2S/c1-9-15-8-11(18-9)7-14-6-10-4-2-3-5-12(10)13(16)17/h2-5,8,14H,6-7H2,1H3,(H,16,17). The molecule has 0 spiro atoms. The van der Waals surface area contributed by atoms with E-state index in [0.717, 1.165) is 15.4 Å². The first kappa shape index (κ1) is 12.7. The van der Waals surface area contributed by atoms with Crippen molar-refractivity contribution in [2.75, 3.05) is 0 Å². The highest BCUT2D eigenvalue weighted by atomic mass is 32.1. The average Bonchev–Trinajstić information content (AvgIpc) is 2.75. The van der Waals surface area contributed by atoms with Gasteiger partial charge in [0.1, 0.15) is 0 Å². The molecule has 2 N–H and O–H groups in total. The van der Waals surface area contributed by atoms with Gasteiger partial charge in [0.25, 0.3) is 0 Å². The minimum atomic E-state index is -0.888. The van der Waals surface area contributed by atoms with Crippen molar-refractivity contribution in [2.45, 2.75) is 20.0 Å². The summed E-state index contributed by atoms with van der Waals surface area (Å²) in [7, 11) is 0. The maximum absolute atomic E-state index is 11.0. The predicted molar refractivity (Wildman–Crippen MR) is 70.8 cm³/mol. The van der Waals surface area contributed by atoms with Gasteiger partial charge in [0.15, 0.2) is 0 Å². The predicted octanol–water partition coefficient (Wildman–Crippen LogP) is 2.44. The van der Waals surface area contributed by atoms with Gasteiger partial charge >= 0.3 is 5.97 Å². The summed E-state index contributed by atoms with van der Waals surface area (Å²) in [5, 5.41) is 13.3. The van der Waals surface area contributed by atoms with E-state index < -0.39 is 5.97 Å². The normalized spacial score (nSPS) is 10.5. The maximum Gasteiger partial charge on any atom is 0.336 e. The molecule has 0 radical (unpaired) electrons. The fourth-order valence-electron chi connectivity index (χ4n) is 1.69.